The molecule has 0 aliphatic heterocycles. The predicted molar refractivity (Wildman–Crippen MR) is 104 cm³/mol. The zero-order valence-corrected chi connectivity index (χ0v) is 16.0. The van der Waals surface area contributed by atoms with Crippen molar-refractivity contribution < 1.29 is 24.0 Å². The summed E-state index contributed by atoms with van der Waals surface area (Å²) in [6.45, 7) is 1.11. The van der Waals surface area contributed by atoms with Crippen molar-refractivity contribution in [1.29, 1.82) is 0 Å². The average Bonchev–Trinajstić information content (AvgIpc) is 2.72. The molecule has 1 aliphatic rings. The molecule has 0 heterocycles. The van der Waals surface area contributed by atoms with Gasteiger partial charge in [-0.05, 0) is 49.4 Å². The first-order valence-electron chi connectivity index (χ1n) is 9.39. The molecule has 3 rings (SSSR count). The molecule has 2 aromatic rings. The van der Waals surface area contributed by atoms with Gasteiger partial charge in [0.1, 0.15) is 5.75 Å². The minimum absolute atomic E-state index is 0.0745. The molecule has 8 heteroatoms. The third kappa shape index (κ3) is 5.31. The van der Waals surface area contributed by atoms with Crippen LogP contribution in [-0.2, 0) is 20.7 Å². The van der Waals surface area contributed by atoms with Gasteiger partial charge in [0.2, 0.25) is 0 Å². The first-order valence-corrected chi connectivity index (χ1v) is 9.39. The number of rotatable bonds is 7. The molecular formula is C21H22N2O6. The Morgan fingerprint density at radius 2 is 1.93 bits per heavy atom. The van der Waals surface area contributed by atoms with Crippen molar-refractivity contribution >= 4 is 17.6 Å². The van der Waals surface area contributed by atoms with E-state index >= 15 is 0 Å². The maximum absolute atomic E-state index is 12.4. The van der Waals surface area contributed by atoms with Crippen molar-refractivity contribution in [3.63, 3.8) is 0 Å². The third-order valence-electron chi connectivity index (χ3n) is 4.77. The Labute approximate surface area is 168 Å². The summed E-state index contributed by atoms with van der Waals surface area (Å²) in [6, 6.07) is 13.2. The summed E-state index contributed by atoms with van der Waals surface area (Å²) in [4.78, 5) is 34.5. The van der Waals surface area contributed by atoms with Crippen molar-refractivity contribution in [1.82, 2.24) is 5.32 Å². The number of hydrogen-bond donors (Lipinski definition) is 1. The predicted octanol–water partition coefficient (Wildman–Crippen LogP) is 3.10. The summed E-state index contributed by atoms with van der Waals surface area (Å²) in [7, 11) is 0. The molecule has 0 fully saturated rings. The van der Waals surface area contributed by atoms with Crippen LogP contribution in [-0.4, -0.2) is 29.5 Å². The van der Waals surface area contributed by atoms with Crippen LogP contribution >= 0.6 is 0 Å². The lowest BCUT2D eigenvalue weighted by atomic mass is 9.87. The number of hydrogen-bond acceptors (Lipinski definition) is 6. The van der Waals surface area contributed by atoms with Gasteiger partial charge in [-0.15, -0.1) is 0 Å². The van der Waals surface area contributed by atoms with Gasteiger partial charge in [0.25, 0.3) is 11.6 Å². The molecule has 0 spiro atoms. The molecule has 0 saturated heterocycles. The van der Waals surface area contributed by atoms with E-state index in [-0.39, 0.29) is 17.6 Å². The summed E-state index contributed by atoms with van der Waals surface area (Å²) in [6.07, 6.45) is 1.86. The second-order valence-electron chi connectivity index (χ2n) is 6.82. The number of esters is 1. The van der Waals surface area contributed by atoms with Crippen molar-refractivity contribution in [2.75, 3.05) is 6.61 Å². The van der Waals surface area contributed by atoms with Crippen molar-refractivity contribution in [3.8, 4) is 5.75 Å². The molecule has 2 aromatic carbocycles. The number of aryl methyl sites for hydroxylation is 1. The van der Waals surface area contributed by atoms with E-state index in [0.29, 0.717) is 5.75 Å². The Kier molecular flexibility index (Phi) is 6.43. The van der Waals surface area contributed by atoms with Gasteiger partial charge in [0.15, 0.2) is 12.7 Å². The summed E-state index contributed by atoms with van der Waals surface area (Å²) < 4.78 is 10.4. The summed E-state index contributed by atoms with van der Waals surface area (Å²) in [5.74, 6) is -0.770. The van der Waals surface area contributed by atoms with Gasteiger partial charge in [-0.25, -0.2) is 4.79 Å². The maximum Gasteiger partial charge on any atom is 0.344 e. The van der Waals surface area contributed by atoms with E-state index in [1.165, 1.54) is 36.8 Å². The number of carbonyl (C=O) groups is 2. The van der Waals surface area contributed by atoms with Gasteiger partial charge >= 0.3 is 5.97 Å². The van der Waals surface area contributed by atoms with Crippen LogP contribution in [0.2, 0.25) is 0 Å². The zero-order valence-electron chi connectivity index (χ0n) is 16.0. The van der Waals surface area contributed by atoms with E-state index in [4.69, 9.17) is 9.47 Å². The van der Waals surface area contributed by atoms with E-state index in [1.807, 2.05) is 18.2 Å². The maximum atomic E-state index is 12.4. The summed E-state index contributed by atoms with van der Waals surface area (Å²) in [5, 5.41) is 13.6. The Bertz CT molecular complexity index is 896. The number of amides is 1. The van der Waals surface area contributed by atoms with Gasteiger partial charge in [-0.1, -0.05) is 24.3 Å². The third-order valence-corrected chi connectivity index (χ3v) is 4.77. The molecule has 0 radical (unpaired) electrons. The van der Waals surface area contributed by atoms with Crippen LogP contribution in [0.4, 0.5) is 5.69 Å². The number of benzene rings is 2. The number of non-ortho nitro benzene ring substituents is 1. The fourth-order valence-electron chi connectivity index (χ4n) is 3.28. The summed E-state index contributed by atoms with van der Waals surface area (Å²) in [5.41, 5.74) is 2.26. The normalized spacial score (nSPS) is 16.2. The smallest absolute Gasteiger partial charge is 0.344 e. The number of nitrogens with one attached hydrogen (secondary N) is 1. The highest BCUT2D eigenvalue weighted by Crippen LogP contribution is 2.29. The Hall–Kier alpha value is -3.42. The topological polar surface area (TPSA) is 108 Å². The van der Waals surface area contributed by atoms with Crippen molar-refractivity contribution in [2.45, 2.75) is 38.3 Å². The first kappa shape index (κ1) is 20.3. The monoisotopic (exact) mass is 398 g/mol. The minimum atomic E-state index is -0.961. The number of fused-ring (bicyclic) bond motifs is 1. The SMILES string of the molecule is C[C@@H](OC(=O)COc1ccc([N+](=O)[O-])cc1)C(=O)N[C@H]1CCCc2ccccc21. The second kappa shape index (κ2) is 9.18. The van der Waals surface area contributed by atoms with Crippen LogP contribution in [0.15, 0.2) is 48.5 Å². The lowest BCUT2D eigenvalue weighted by Crippen LogP contribution is -2.39. The second-order valence-corrected chi connectivity index (χ2v) is 6.82. The number of nitro groups is 1. The molecule has 29 heavy (non-hydrogen) atoms. The fourth-order valence-corrected chi connectivity index (χ4v) is 3.28. The standard InChI is InChI=1S/C21H22N2O6/c1-14(21(25)22-19-8-4-6-15-5-2-3-7-18(15)19)29-20(24)13-28-17-11-9-16(10-12-17)23(26)27/h2-3,5,7,9-12,14,19H,4,6,8,13H2,1H3,(H,22,25)/t14-,19+/m1/s1. The first-order chi connectivity index (χ1) is 13.9. The highest BCUT2D eigenvalue weighted by atomic mass is 16.6. The van der Waals surface area contributed by atoms with Gasteiger partial charge < -0.3 is 14.8 Å². The molecule has 0 bridgehead atoms. The van der Waals surface area contributed by atoms with Crippen LogP contribution in [0, 0.1) is 10.1 Å². The number of nitro benzene ring substituents is 1. The Morgan fingerprint density at radius 3 is 2.66 bits per heavy atom. The lowest BCUT2D eigenvalue weighted by Gasteiger charge is -2.27. The van der Waals surface area contributed by atoms with Crippen molar-refractivity contribution in [3.05, 3.63) is 69.8 Å². The van der Waals surface area contributed by atoms with Crippen LogP contribution < -0.4 is 10.1 Å². The van der Waals surface area contributed by atoms with E-state index in [9.17, 15) is 19.7 Å². The van der Waals surface area contributed by atoms with Crippen LogP contribution in [0.5, 0.6) is 5.75 Å². The average molecular weight is 398 g/mol. The summed E-state index contributed by atoms with van der Waals surface area (Å²) >= 11 is 0. The minimum Gasteiger partial charge on any atom is -0.482 e. The molecule has 0 unspecified atom stereocenters. The molecule has 2 atom stereocenters. The largest absolute Gasteiger partial charge is 0.482 e. The molecule has 152 valence electrons. The Morgan fingerprint density at radius 1 is 1.21 bits per heavy atom. The molecule has 0 saturated carbocycles. The van der Waals surface area contributed by atoms with Crippen LogP contribution in [0.3, 0.4) is 0 Å². The van der Waals surface area contributed by atoms with Gasteiger partial charge in [-0.2, -0.15) is 0 Å². The highest BCUT2D eigenvalue weighted by Gasteiger charge is 2.25. The Balaban J connectivity index is 1.48. The van der Waals surface area contributed by atoms with E-state index in [2.05, 4.69) is 11.4 Å². The molecule has 1 N–H and O–H groups in total. The molecular weight excluding hydrogens is 376 g/mol. The fraction of sp³-hybridized carbons (Fsp3) is 0.333. The van der Waals surface area contributed by atoms with Gasteiger partial charge in [0.05, 0.1) is 11.0 Å². The number of carbonyl (C=O) groups excluding carboxylic acids is 2. The van der Waals surface area contributed by atoms with E-state index < -0.39 is 23.6 Å². The number of ether oxygens (including phenoxy) is 2. The van der Waals surface area contributed by atoms with Crippen molar-refractivity contribution in [2.24, 2.45) is 0 Å². The zero-order chi connectivity index (χ0) is 20.8. The van der Waals surface area contributed by atoms with Gasteiger partial charge in [0, 0.05) is 12.1 Å². The van der Waals surface area contributed by atoms with E-state index in [1.54, 1.807) is 0 Å². The van der Waals surface area contributed by atoms with Crippen LogP contribution in [0.1, 0.15) is 36.9 Å². The quantitative estimate of drug-likeness (QED) is 0.436. The highest BCUT2D eigenvalue weighted by molar-refractivity contribution is 5.84. The van der Waals surface area contributed by atoms with Gasteiger partial charge in [-0.3, -0.25) is 14.9 Å². The molecule has 1 aliphatic carbocycles. The van der Waals surface area contributed by atoms with Crippen LogP contribution in [0.25, 0.3) is 0 Å². The lowest BCUT2D eigenvalue weighted by molar-refractivity contribution is -0.384. The van der Waals surface area contributed by atoms with E-state index in [0.717, 1.165) is 24.8 Å². The molecule has 1 amide bonds. The number of nitrogens with zero attached hydrogens (tertiary/aromatic N) is 1. The molecule has 8 nitrogen and oxygen atoms in total. The molecule has 0 aromatic heterocycles.